The zero-order chi connectivity index (χ0) is 42.1. The van der Waals surface area contributed by atoms with E-state index in [4.69, 9.17) is 4.74 Å². The van der Waals surface area contributed by atoms with Crippen molar-refractivity contribution in [3.63, 3.8) is 0 Å². The van der Waals surface area contributed by atoms with Crippen LogP contribution in [0.4, 0.5) is 74.8 Å². The standard InChI is InChI=1S/C28H23F6N7O3S.2CHF3.H4N2S.3H3N.2H2O/c29-27(30,31)19-13-20(28(32,33)34)15-21(14-19)36-26(43)41-10-8-40(9-11-41)23-25(39-45-38-23)44-16-17-6-7-35-22(12-17)37-24(42)18-4-2-1-3-5-18;2*2-1(3)4;1-3-2;;;;;/h1-7,12-15H,8-11,16H2,(H,36,43)(H,35,37,42);2*1H;1-2H2;3*1H3;2*1H2. The Balaban J connectivity index is -0.000000913. The number of halogens is 12. The van der Waals surface area contributed by atoms with Crippen molar-refractivity contribution in [1.29, 1.82) is 0 Å². The number of alkyl halides is 12. The maximum absolute atomic E-state index is 13.2. The van der Waals surface area contributed by atoms with Crippen LogP contribution in [0, 0.1) is 0 Å². The van der Waals surface area contributed by atoms with E-state index in [0.29, 0.717) is 34.9 Å². The van der Waals surface area contributed by atoms with Crippen molar-refractivity contribution in [2.24, 2.45) is 10.3 Å². The summed E-state index contributed by atoms with van der Waals surface area (Å²) in [5, 5.41) is 14.0. The van der Waals surface area contributed by atoms with Gasteiger partial charge in [-0.15, -0.1) is 4.37 Å². The Morgan fingerprint density at radius 2 is 1.26 bits per heavy atom. The molecule has 1 aliphatic heterocycles. The molecule has 0 atom stereocenters. The van der Waals surface area contributed by atoms with E-state index >= 15 is 0 Å². The Kier molecular flexibility index (Phi) is 30.5. The number of rotatable bonds is 7. The number of hydrogen-bond donors (Lipinski definition) is 7. The molecule has 0 bridgehead atoms. The number of hydrogen-bond acceptors (Lipinski definition) is 14. The summed E-state index contributed by atoms with van der Waals surface area (Å²) in [6.45, 7) is -6.56. The molecule has 0 aliphatic carbocycles. The largest absolute Gasteiger partial charge is 0.470 e. The summed E-state index contributed by atoms with van der Waals surface area (Å²) in [6, 6.07) is 12.1. The smallest absolute Gasteiger partial charge is 0.416 e. The average molecular weight is 943 g/mol. The molecule has 0 unspecified atom stereocenters. The van der Waals surface area contributed by atoms with Crippen molar-refractivity contribution in [2.75, 3.05) is 41.7 Å². The molecule has 0 radical (unpaired) electrons. The van der Waals surface area contributed by atoms with Crippen LogP contribution in [0.5, 0.6) is 5.88 Å². The quantitative estimate of drug-likeness (QED) is 0.0740. The fraction of sp³-hybridized carbons (Fsp3) is 0.300. The summed E-state index contributed by atoms with van der Waals surface area (Å²) in [5.41, 5.74) is -2.51. The lowest BCUT2D eigenvalue weighted by Gasteiger charge is -2.34. The van der Waals surface area contributed by atoms with Gasteiger partial charge in [-0.1, -0.05) is 18.2 Å². The van der Waals surface area contributed by atoms with Crippen LogP contribution in [0.25, 0.3) is 0 Å². The van der Waals surface area contributed by atoms with E-state index in [1.54, 1.807) is 47.4 Å². The molecular formula is C30H42F12N12O5S2. The van der Waals surface area contributed by atoms with Gasteiger partial charge >= 0.3 is 31.7 Å². The third kappa shape index (κ3) is 22.8. The highest BCUT2D eigenvalue weighted by molar-refractivity contribution is 7.94. The van der Waals surface area contributed by atoms with Crippen molar-refractivity contribution in [2.45, 2.75) is 32.3 Å². The Morgan fingerprint density at radius 1 is 0.770 bits per heavy atom. The van der Waals surface area contributed by atoms with E-state index in [9.17, 15) is 62.3 Å². The number of carbonyl (C=O) groups is 2. The molecule has 0 saturated carbocycles. The summed E-state index contributed by atoms with van der Waals surface area (Å²) < 4.78 is 151. The molecule has 61 heavy (non-hydrogen) atoms. The van der Waals surface area contributed by atoms with Crippen LogP contribution in [0.15, 0.2) is 66.9 Å². The van der Waals surface area contributed by atoms with Crippen molar-refractivity contribution in [1.82, 2.24) is 37.1 Å². The number of anilines is 3. The molecule has 2 aromatic heterocycles. The van der Waals surface area contributed by atoms with Gasteiger partial charge in [0, 0.05) is 43.6 Å². The summed E-state index contributed by atoms with van der Waals surface area (Å²) in [5.74, 6) is 0.657. The fourth-order valence-corrected chi connectivity index (χ4v) is 4.89. The second-order valence-corrected chi connectivity index (χ2v) is 11.2. The van der Waals surface area contributed by atoms with E-state index in [2.05, 4.69) is 34.6 Å². The Bertz CT molecular complexity index is 1770. The lowest BCUT2D eigenvalue weighted by molar-refractivity contribution is -0.143. The second-order valence-electron chi connectivity index (χ2n) is 10.4. The van der Waals surface area contributed by atoms with Crippen molar-refractivity contribution in [3.05, 3.63) is 89.1 Å². The van der Waals surface area contributed by atoms with Crippen LogP contribution in [-0.2, 0) is 19.0 Å². The number of amides is 3. The second kappa shape index (κ2) is 29.9. The number of carbonyl (C=O) groups excluding carboxylic acids is 2. The number of nitrogens with zero attached hydrogens (tertiary/aromatic N) is 5. The first-order chi connectivity index (χ1) is 26.2. The van der Waals surface area contributed by atoms with E-state index in [1.807, 2.05) is 0 Å². The zero-order valence-corrected chi connectivity index (χ0v) is 32.8. The average Bonchev–Trinajstić information content (AvgIpc) is 3.59. The predicted molar refractivity (Wildman–Crippen MR) is 205 cm³/mol. The number of urea groups is 1. The maximum atomic E-state index is 13.2. The first kappa shape index (κ1) is 62.4. The first-order valence-corrected chi connectivity index (χ1v) is 16.7. The van der Waals surface area contributed by atoms with Crippen molar-refractivity contribution in [3.8, 4) is 5.88 Å². The van der Waals surface area contributed by atoms with Gasteiger partial charge in [-0.3, -0.25) is 15.1 Å². The number of piperazine rings is 1. The molecular weight excluding hydrogens is 901 g/mol. The number of ether oxygens (including phenoxy) is 1. The van der Waals surface area contributed by atoms with Gasteiger partial charge in [-0.2, -0.15) is 57.1 Å². The lowest BCUT2D eigenvalue weighted by Crippen LogP contribution is -2.50. The summed E-state index contributed by atoms with van der Waals surface area (Å²) in [7, 11) is 0. The number of nitrogens with one attached hydrogen (secondary N) is 2. The molecule has 3 amide bonds. The van der Waals surface area contributed by atoms with Crippen LogP contribution >= 0.6 is 23.9 Å². The van der Waals surface area contributed by atoms with Gasteiger partial charge in [0.15, 0.2) is 0 Å². The molecule has 2 aromatic carbocycles. The Labute approximate surface area is 347 Å². The molecule has 31 heteroatoms. The van der Waals surface area contributed by atoms with Gasteiger partial charge in [0.1, 0.15) is 12.4 Å². The maximum Gasteiger partial charge on any atom is 0.416 e. The molecule has 0 spiro atoms. The molecule has 1 fully saturated rings. The molecule has 348 valence electrons. The van der Waals surface area contributed by atoms with Gasteiger partial charge in [0.05, 0.1) is 22.9 Å². The van der Waals surface area contributed by atoms with Crippen LogP contribution in [0.1, 0.15) is 27.0 Å². The van der Waals surface area contributed by atoms with Gasteiger partial charge < -0.3 is 54.6 Å². The lowest BCUT2D eigenvalue weighted by atomic mass is 10.1. The summed E-state index contributed by atoms with van der Waals surface area (Å²) in [6.07, 6.45) is -8.55. The Morgan fingerprint density at radius 3 is 1.74 bits per heavy atom. The van der Waals surface area contributed by atoms with Gasteiger partial charge in [0.2, 0.25) is 5.82 Å². The number of aromatic nitrogens is 3. The van der Waals surface area contributed by atoms with E-state index < -0.39 is 48.6 Å². The van der Waals surface area contributed by atoms with Crippen LogP contribution < -0.4 is 49.0 Å². The third-order valence-electron chi connectivity index (χ3n) is 6.63. The highest BCUT2D eigenvalue weighted by Gasteiger charge is 2.37. The molecule has 1 aliphatic rings. The SMILES string of the molecule is FC(F)F.FC(F)F.N.N.N.NSN.O.O.O=C(Nc1cc(COc2nsnc2N2CCN(C(=O)Nc3cc(C(F)(F)F)cc(C(F)(F)F)c3)CC2)ccn1)c1ccccc1. The van der Waals surface area contributed by atoms with Crippen molar-refractivity contribution >= 4 is 53.1 Å². The number of benzene rings is 2. The van der Waals surface area contributed by atoms with Gasteiger partial charge in [-0.25, -0.2) is 9.78 Å². The van der Waals surface area contributed by atoms with E-state index in [0.717, 1.165) is 23.9 Å². The van der Waals surface area contributed by atoms with Crippen LogP contribution in [0.2, 0.25) is 0 Å². The van der Waals surface area contributed by atoms with Gasteiger partial charge in [0.25, 0.3) is 11.8 Å². The fourth-order valence-electron chi connectivity index (χ4n) is 4.37. The summed E-state index contributed by atoms with van der Waals surface area (Å²) >= 11 is 1.66. The van der Waals surface area contributed by atoms with Crippen molar-refractivity contribution < 1.29 is 78.0 Å². The molecule has 17 nitrogen and oxygen atoms in total. The number of pyridine rings is 1. The van der Waals surface area contributed by atoms with Crippen LogP contribution in [0.3, 0.4) is 0 Å². The Hall–Kier alpha value is -5.28. The molecule has 19 N–H and O–H groups in total. The predicted octanol–water partition coefficient (Wildman–Crippen LogP) is 6.82. The molecule has 3 heterocycles. The van der Waals surface area contributed by atoms with E-state index in [1.165, 1.54) is 11.1 Å². The summed E-state index contributed by atoms with van der Waals surface area (Å²) in [4.78, 5) is 32.4. The van der Waals surface area contributed by atoms with Crippen LogP contribution in [-0.4, -0.2) is 81.1 Å². The molecule has 1 saturated heterocycles. The highest BCUT2D eigenvalue weighted by Crippen LogP contribution is 2.37. The third-order valence-corrected chi connectivity index (χ3v) is 7.13. The molecule has 5 rings (SSSR count). The minimum absolute atomic E-state index is 0. The number of nitrogens with two attached hydrogens (primary N) is 2. The first-order valence-electron chi connectivity index (χ1n) is 15.0. The topological polar surface area (TPSA) is 333 Å². The normalized spacial score (nSPS) is 11.7. The van der Waals surface area contributed by atoms with Gasteiger partial charge in [-0.05, 0) is 60.2 Å². The minimum atomic E-state index is -5.04. The van der Waals surface area contributed by atoms with E-state index in [-0.39, 0.29) is 80.0 Å². The highest BCUT2D eigenvalue weighted by atomic mass is 32.2. The zero-order valence-electron chi connectivity index (χ0n) is 31.1. The minimum Gasteiger partial charge on any atom is -0.470 e. The molecule has 4 aromatic rings. The monoisotopic (exact) mass is 942 g/mol.